The molecule has 0 atom stereocenters. The van der Waals surface area contributed by atoms with Crippen LogP contribution in [0.4, 0.5) is 5.69 Å². The number of carbonyl (C=O) groups excluding carboxylic acids is 1. The molecule has 2 aromatic rings. The fourth-order valence-corrected chi connectivity index (χ4v) is 3.78. The van der Waals surface area contributed by atoms with Gasteiger partial charge in [-0.05, 0) is 43.0 Å². The molecule has 1 saturated carbocycles. The number of halogens is 1. The van der Waals surface area contributed by atoms with Crippen LogP contribution in [0.5, 0.6) is 5.75 Å². The maximum atomic E-state index is 13.1. The maximum absolute atomic E-state index is 13.1. The third-order valence-corrected chi connectivity index (χ3v) is 5.16. The molecule has 0 spiro atoms. The van der Waals surface area contributed by atoms with Crippen molar-refractivity contribution in [2.75, 3.05) is 11.9 Å². The Morgan fingerprint density at radius 1 is 1.16 bits per heavy atom. The molecule has 1 aliphatic rings. The average molecular weight is 358 g/mol. The fourth-order valence-electron chi connectivity index (χ4n) is 3.54. The monoisotopic (exact) mass is 357 g/mol. The van der Waals surface area contributed by atoms with Crippen LogP contribution in [0, 0.1) is 0 Å². The zero-order valence-electron chi connectivity index (χ0n) is 14.6. The highest BCUT2D eigenvalue weighted by Gasteiger charge is 2.42. The van der Waals surface area contributed by atoms with Crippen molar-refractivity contribution in [1.82, 2.24) is 0 Å². The van der Waals surface area contributed by atoms with Crippen molar-refractivity contribution in [3.05, 3.63) is 59.1 Å². The predicted molar refractivity (Wildman–Crippen MR) is 102 cm³/mol. The Morgan fingerprint density at radius 3 is 2.52 bits per heavy atom. The Bertz CT molecular complexity index is 724. The van der Waals surface area contributed by atoms with Crippen LogP contribution in [0.2, 0.25) is 5.02 Å². The lowest BCUT2D eigenvalue weighted by atomic mass is 9.78. The van der Waals surface area contributed by atoms with E-state index in [1.165, 1.54) is 0 Å². The van der Waals surface area contributed by atoms with Crippen molar-refractivity contribution >= 4 is 23.2 Å². The summed E-state index contributed by atoms with van der Waals surface area (Å²) < 4.78 is 5.59. The van der Waals surface area contributed by atoms with Gasteiger partial charge in [0.25, 0.3) is 0 Å². The molecule has 3 rings (SSSR count). The minimum atomic E-state index is -0.439. The molecule has 0 unspecified atom stereocenters. The Morgan fingerprint density at radius 2 is 1.88 bits per heavy atom. The molecule has 1 N–H and O–H groups in total. The summed E-state index contributed by atoms with van der Waals surface area (Å²) >= 11 is 6.28. The summed E-state index contributed by atoms with van der Waals surface area (Å²) in [5.74, 6) is 0.703. The van der Waals surface area contributed by atoms with Gasteiger partial charge < -0.3 is 10.1 Å². The van der Waals surface area contributed by atoms with Crippen LogP contribution in [-0.4, -0.2) is 12.5 Å². The number of amides is 1. The van der Waals surface area contributed by atoms with E-state index in [9.17, 15) is 4.79 Å². The van der Waals surface area contributed by atoms with Crippen LogP contribution in [0.1, 0.15) is 44.6 Å². The molecule has 4 heteroatoms. The van der Waals surface area contributed by atoms with Gasteiger partial charge in [-0.25, -0.2) is 0 Å². The largest absolute Gasteiger partial charge is 0.492 e. The summed E-state index contributed by atoms with van der Waals surface area (Å²) in [4.78, 5) is 13.1. The molecule has 0 radical (unpaired) electrons. The van der Waals surface area contributed by atoms with Crippen molar-refractivity contribution in [1.29, 1.82) is 0 Å². The number of carbonyl (C=O) groups is 1. The Labute approximate surface area is 154 Å². The lowest BCUT2D eigenvalue weighted by Gasteiger charge is -2.28. The molecule has 0 aliphatic heterocycles. The molecule has 132 valence electrons. The second kappa shape index (κ2) is 7.92. The first-order chi connectivity index (χ1) is 12.2. The summed E-state index contributed by atoms with van der Waals surface area (Å²) in [5, 5.41) is 3.59. The first-order valence-electron chi connectivity index (χ1n) is 8.95. The van der Waals surface area contributed by atoms with Crippen LogP contribution in [0.15, 0.2) is 48.5 Å². The molecule has 0 saturated heterocycles. The van der Waals surface area contributed by atoms with Crippen molar-refractivity contribution in [3.8, 4) is 5.75 Å². The quantitative estimate of drug-likeness (QED) is 0.732. The molecule has 0 aromatic heterocycles. The van der Waals surface area contributed by atoms with Gasteiger partial charge in [-0.1, -0.05) is 61.7 Å². The van der Waals surface area contributed by atoms with Crippen molar-refractivity contribution in [2.45, 2.75) is 44.4 Å². The van der Waals surface area contributed by atoms with Gasteiger partial charge in [-0.15, -0.1) is 0 Å². The van der Waals surface area contributed by atoms with Gasteiger partial charge >= 0.3 is 0 Å². The average Bonchev–Trinajstić information content (AvgIpc) is 3.13. The lowest BCUT2D eigenvalue weighted by Crippen LogP contribution is -2.37. The van der Waals surface area contributed by atoms with Gasteiger partial charge in [0, 0.05) is 5.69 Å². The third kappa shape index (κ3) is 3.82. The number of hydrogen-bond acceptors (Lipinski definition) is 2. The Kier molecular flexibility index (Phi) is 5.64. The van der Waals surface area contributed by atoms with Gasteiger partial charge in [0.2, 0.25) is 5.91 Å². The first-order valence-corrected chi connectivity index (χ1v) is 9.33. The fraction of sp³-hybridized carbons (Fsp3) is 0.381. The Balaban J connectivity index is 1.79. The highest BCUT2D eigenvalue weighted by Crippen LogP contribution is 2.42. The molecule has 3 nitrogen and oxygen atoms in total. The summed E-state index contributed by atoms with van der Waals surface area (Å²) in [6, 6.07) is 15.5. The van der Waals surface area contributed by atoms with E-state index in [-0.39, 0.29) is 5.91 Å². The van der Waals surface area contributed by atoms with E-state index in [0.29, 0.717) is 23.1 Å². The molecule has 2 aromatic carbocycles. The van der Waals surface area contributed by atoms with Crippen LogP contribution >= 0.6 is 11.6 Å². The summed E-state index contributed by atoms with van der Waals surface area (Å²) in [7, 11) is 0. The number of benzene rings is 2. The number of rotatable bonds is 6. The van der Waals surface area contributed by atoms with E-state index in [1.54, 1.807) is 6.07 Å². The topological polar surface area (TPSA) is 38.3 Å². The highest BCUT2D eigenvalue weighted by atomic mass is 35.5. The summed E-state index contributed by atoms with van der Waals surface area (Å²) in [6.45, 7) is 2.68. The zero-order valence-corrected chi connectivity index (χ0v) is 15.3. The van der Waals surface area contributed by atoms with Gasteiger partial charge in [-0.3, -0.25) is 4.79 Å². The van der Waals surface area contributed by atoms with E-state index in [0.717, 1.165) is 37.7 Å². The highest BCUT2D eigenvalue weighted by molar-refractivity contribution is 6.32. The third-order valence-electron chi connectivity index (χ3n) is 4.87. The van der Waals surface area contributed by atoms with Crippen LogP contribution in [0.3, 0.4) is 0 Å². The van der Waals surface area contributed by atoms with Gasteiger partial charge in [0.05, 0.1) is 17.0 Å². The smallest absolute Gasteiger partial charge is 0.235 e. The van der Waals surface area contributed by atoms with E-state index < -0.39 is 5.41 Å². The zero-order chi connectivity index (χ0) is 17.7. The van der Waals surface area contributed by atoms with Crippen molar-refractivity contribution in [3.63, 3.8) is 0 Å². The number of hydrogen-bond donors (Lipinski definition) is 1. The molecule has 0 bridgehead atoms. The minimum Gasteiger partial charge on any atom is -0.492 e. The molecule has 1 amide bonds. The van der Waals surface area contributed by atoms with Gasteiger partial charge in [-0.2, -0.15) is 0 Å². The van der Waals surface area contributed by atoms with E-state index in [1.807, 2.05) is 37.3 Å². The lowest BCUT2D eigenvalue weighted by molar-refractivity contribution is -0.121. The van der Waals surface area contributed by atoms with Gasteiger partial charge in [0.1, 0.15) is 5.75 Å². The molecule has 25 heavy (non-hydrogen) atoms. The first kappa shape index (κ1) is 17.8. The molecule has 1 aliphatic carbocycles. The Hall–Kier alpha value is -2.00. The maximum Gasteiger partial charge on any atom is 0.235 e. The van der Waals surface area contributed by atoms with E-state index in [4.69, 9.17) is 16.3 Å². The normalized spacial score (nSPS) is 15.8. The minimum absolute atomic E-state index is 0.0505. The van der Waals surface area contributed by atoms with Crippen LogP contribution in [-0.2, 0) is 10.2 Å². The number of ether oxygens (including phenoxy) is 1. The van der Waals surface area contributed by atoms with Crippen molar-refractivity contribution in [2.24, 2.45) is 0 Å². The standard InChI is InChI=1S/C21H24ClNO2/c1-2-14-25-19-11-10-17(15-18(19)22)23-20(24)21(12-6-7-13-21)16-8-4-3-5-9-16/h3-5,8-11,15H,2,6-7,12-14H2,1H3,(H,23,24). The number of nitrogens with one attached hydrogen (secondary N) is 1. The molecule has 1 fully saturated rings. The van der Waals surface area contributed by atoms with Crippen LogP contribution in [0.25, 0.3) is 0 Å². The molecule has 0 heterocycles. The van der Waals surface area contributed by atoms with Gasteiger partial charge in [0.15, 0.2) is 0 Å². The second-order valence-electron chi connectivity index (χ2n) is 6.60. The van der Waals surface area contributed by atoms with E-state index >= 15 is 0 Å². The van der Waals surface area contributed by atoms with Crippen molar-refractivity contribution < 1.29 is 9.53 Å². The molecular weight excluding hydrogens is 334 g/mol. The predicted octanol–water partition coefficient (Wildman–Crippen LogP) is 5.58. The summed E-state index contributed by atoms with van der Waals surface area (Å²) in [5.41, 5.74) is 1.37. The number of anilines is 1. The molecular formula is C21H24ClNO2. The van der Waals surface area contributed by atoms with Crippen LogP contribution < -0.4 is 10.1 Å². The SMILES string of the molecule is CCCOc1ccc(NC(=O)C2(c3ccccc3)CCCC2)cc1Cl. The summed E-state index contributed by atoms with van der Waals surface area (Å²) in [6.07, 6.45) is 4.84. The second-order valence-corrected chi connectivity index (χ2v) is 7.01. The van der Waals surface area contributed by atoms with E-state index in [2.05, 4.69) is 17.4 Å².